The topological polar surface area (TPSA) is 41.5 Å². The first-order chi connectivity index (χ1) is 8.89. The Hall–Kier alpha value is -0.480. The van der Waals surface area contributed by atoms with Gasteiger partial charge in [0.25, 0.3) is 0 Å². The van der Waals surface area contributed by atoms with E-state index >= 15 is 0 Å². The monoisotopic (exact) mass is 305 g/mol. The molecule has 3 nitrogen and oxygen atoms in total. The lowest BCUT2D eigenvalue weighted by Crippen LogP contribution is -2.30. The Morgan fingerprint density at radius 3 is 2.58 bits per heavy atom. The van der Waals surface area contributed by atoms with Gasteiger partial charge in [-0.3, -0.25) is 0 Å². The molecule has 1 rings (SSSR count). The van der Waals surface area contributed by atoms with Gasteiger partial charge in [0.05, 0.1) is 12.1 Å². The quantitative estimate of drug-likeness (QED) is 0.810. The van der Waals surface area contributed by atoms with Crippen LogP contribution in [0.25, 0.3) is 0 Å². The Bertz CT molecular complexity index is 422. The van der Waals surface area contributed by atoms with Crippen molar-refractivity contribution in [3.05, 3.63) is 27.7 Å². The van der Waals surface area contributed by atoms with Crippen LogP contribution >= 0.6 is 23.2 Å². The molecule has 0 aliphatic rings. The molecule has 0 aromatic heterocycles. The van der Waals surface area contributed by atoms with E-state index in [0.29, 0.717) is 22.3 Å². The van der Waals surface area contributed by atoms with Crippen LogP contribution in [-0.4, -0.2) is 25.4 Å². The fourth-order valence-corrected chi connectivity index (χ4v) is 2.51. The number of hydrogen-bond donors (Lipinski definition) is 2. The molecule has 0 spiro atoms. The number of aliphatic hydroxyl groups excluding tert-OH is 1. The molecule has 0 unspecified atom stereocenters. The molecule has 2 N–H and O–H groups in total. The van der Waals surface area contributed by atoms with Crippen LogP contribution < -0.4 is 10.1 Å². The van der Waals surface area contributed by atoms with Crippen LogP contribution in [0.2, 0.25) is 10.0 Å². The molecular formula is C14H21Cl2NO2. The summed E-state index contributed by atoms with van der Waals surface area (Å²) >= 11 is 12.1. The third kappa shape index (κ3) is 5.19. The number of methoxy groups -OCH3 is 1. The van der Waals surface area contributed by atoms with Crippen molar-refractivity contribution in [3.8, 4) is 5.75 Å². The van der Waals surface area contributed by atoms with Crippen molar-refractivity contribution in [1.82, 2.24) is 5.32 Å². The number of ether oxygens (including phenoxy) is 1. The third-order valence-corrected chi connectivity index (χ3v) is 3.50. The Labute approximate surface area is 124 Å². The van der Waals surface area contributed by atoms with Gasteiger partial charge in [0.1, 0.15) is 5.75 Å². The first kappa shape index (κ1) is 16.6. The van der Waals surface area contributed by atoms with Gasteiger partial charge in [-0.05, 0) is 24.0 Å². The van der Waals surface area contributed by atoms with Crippen LogP contribution in [0.3, 0.4) is 0 Å². The number of nitrogens with one attached hydrogen (secondary N) is 1. The van der Waals surface area contributed by atoms with Gasteiger partial charge in [0, 0.05) is 30.3 Å². The molecule has 0 fully saturated rings. The minimum Gasteiger partial charge on any atom is -0.495 e. The second kappa shape index (κ2) is 7.34. The summed E-state index contributed by atoms with van der Waals surface area (Å²) in [5, 5.41) is 13.4. The summed E-state index contributed by atoms with van der Waals surface area (Å²) in [6.07, 6.45) is 0.757. The summed E-state index contributed by atoms with van der Waals surface area (Å²) in [4.78, 5) is 0. The molecule has 108 valence electrons. The summed E-state index contributed by atoms with van der Waals surface area (Å²) in [5.41, 5.74) is 0.976. The fourth-order valence-electron chi connectivity index (χ4n) is 1.90. The molecule has 0 radical (unpaired) electrons. The Morgan fingerprint density at radius 1 is 1.32 bits per heavy atom. The second-order valence-corrected chi connectivity index (χ2v) is 6.16. The molecule has 19 heavy (non-hydrogen) atoms. The lowest BCUT2D eigenvalue weighted by atomic mass is 9.90. The van der Waals surface area contributed by atoms with E-state index in [1.807, 2.05) is 6.07 Å². The highest BCUT2D eigenvalue weighted by Gasteiger charge is 2.17. The molecule has 0 amide bonds. The highest BCUT2D eigenvalue weighted by molar-refractivity contribution is 6.35. The summed E-state index contributed by atoms with van der Waals surface area (Å²) in [6.45, 7) is 5.83. The summed E-state index contributed by atoms with van der Waals surface area (Å²) in [7, 11) is 1.59. The number of aliphatic hydroxyl groups is 1. The largest absolute Gasteiger partial charge is 0.495 e. The smallest absolute Gasteiger partial charge is 0.142 e. The molecule has 0 atom stereocenters. The van der Waals surface area contributed by atoms with E-state index in [9.17, 15) is 0 Å². The van der Waals surface area contributed by atoms with Crippen molar-refractivity contribution < 1.29 is 9.84 Å². The van der Waals surface area contributed by atoms with E-state index in [0.717, 1.165) is 18.5 Å². The summed E-state index contributed by atoms with van der Waals surface area (Å²) in [5.74, 6) is 0.651. The molecule has 1 aromatic rings. The number of hydrogen-bond acceptors (Lipinski definition) is 3. The minimum atomic E-state index is 0.0460. The van der Waals surface area contributed by atoms with Gasteiger partial charge in [-0.2, -0.15) is 0 Å². The van der Waals surface area contributed by atoms with Crippen molar-refractivity contribution in [1.29, 1.82) is 0 Å². The molecule has 0 saturated carbocycles. The third-order valence-electron chi connectivity index (χ3n) is 3.00. The highest BCUT2D eigenvalue weighted by atomic mass is 35.5. The average Bonchev–Trinajstić information content (AvgIpc) is 2.28. The molecule has 0 aliphatic heterocycles. The van der Waals surface area contributed by atoms with E-state index in [1.54, 1.807) is 13.2 Å². The SMILES string of the molecule is COc1c(Cl)cc(Cl)cc1CNCC(C)(C)CCO. The zero-order valence-corrected chi connectivity index (χ0v) is 13.1. The van der Waals surface area contributed by atoms with Crippen molar-refractivity contribution >= 4 is 23.2 Å². The maximum absolute atomic E-state index is 8.99. The van der Waals surface area contributed by atoms with Crippen LogP contribution in [0.4, 0.5) is 0 Å². The van der Waals surface area contributed by atoms with Gasteiger partial charge in [-0.15, -0.1) is 0 Å². The molecular weight excluding hydrogens is 285 g/mol. The van der Waals surface area contributed by atoms with Gasteiger partial charge in [-0.1, -0.05) is 37.0 Å². The normalized spacial score (nSPS) is 11.7. The van der Waals surface area contributed by atoms with Gasteiger partial charge in [-0.25, -0.2) is 0 Å². The van der Waals surface area contributed by atoms with Crippen molar-refractivity contribution in [3.63, 3.8) is 0 Å². The molecule has 0 heterocycles. The molecule has 0 saturated heterocycles. The molecule has 1 aromatic carbocycles. The predicted octanol–water partition coefficient (Wildman–Crippen LogP) is 3.50. The lowest BCUT2D eigenvalue weighted by Gasteiger charge is -2.24. The number of halogens is 2. The number of benzene rings is 1. The predicted molar refractivity (Wildman–Crippen MR) is 80.2 cm³/mol. The Kier molecular flexibility index (Phi) is 6.40. The van der Waals surface area contributed by atoms with E-state index < -0.39 is 0 Å². The van der Waals surface area contributed by atoms with Crippen LogP contribution in [-0.2, 0) is 6.54 Å². The highest BCUT2D eigenvalue weighted by Crippen LogP contribution is 2.32. The molecule has 0 bridgehead atoms. The van der Waals surface area contributed by atoms with E-state index in [-0.39, 0.29) is 12.0 Å². The summed E-state index contributed by atoms with van der Waals surface area (Å²) < 4.78 is 5.29. The van der Waals surface area contributed by atoms with Crippen molar-refractivity contribution in [2.24, 2.45) is 5.41 Å². The minimum absolute atomic E-state index is 0.0460. The zero-order chi connectivity index (χ0) is 14.5. The van der Waals surface area contributed by atoms with Crippen LogP contribution in [0, 0.1) is 5.41 Å². The second-order valence-electron chi connectivity index (χ2n) is 5.32. The van der Waals surface area contributed by atoms with E-state index in [1.165, 1.54) is 0 Å². The van der Waals surface area contributed by atoms with Gasteiger partial charge in [0.2, 0.25) is 0 Å². The first-order valence-electron chi connectivity index (χ1n) is 6.23. The fraction of sp³-hybridized carbons (Fsp3) is 0.571. The van der Waals surface area contributed by atoms with E-state index in [4.69, 9.17) is 33.0 Å². The molecule has 5 heteroatoms. The van der Waals surface area contributed by atoms with Crippen LogP contribution in [0.15, 0.2) is 12.1 Å². The van der Waals surface area contributed by atoms with E-state index in [2.05, 4.69) is 19.2 Å². The summed E-state index contributed by atoms with van der Waals surface area (Å²) in [6, 6.07) is 3.51. The maximum atomic E-state index is 8.99. The Balaban J connectivity index is 2.67. The molecule has 0 aliphatic carbocycles. The van der Waals surface area contributed by atoms with Gasteiger partial charge in [0.15, 0.2) is 0 Å². The average molecular weight is 306 g/mol. The maximum Gasteiger partial charge on any atom is 0.142 e. The van der Waals surface area contributed by atoms with Gasteiger partial charge < -0.3 is 15.2 Å². The van der Waals surface area contributed by atoms with Crippen LogP contribution in [0.1, 0.15) is 25.8 Å². The lowest BCUT2D eigenvalue weighted by molar-refractivity contribution is 0.207. The van der Waals surface area contributed by atoms with Crippen molar-refractivity contribution in [2.45, 2.75) is 26.8 Å². The van der Waals surface area contributed by atoms with Crippen molar-refractivity contribution in [2.75, 3.05) is 20.3 Å². The number of rotatable bonds is 7. The standard InChI is InChI=1S/C14H21Cl2NO2/c1-14(2,4-5-18)9-17-8-10-6-11(15)7-12(16)13(10)19-3/h6-7,17-18H,4-5,8-9H2,1-3H3. The Morgan fingerprint density at radius 2 is 2.00 bits per heavy atom. The first-order valence-corrected chi connectivity index (χ1v) is 6.98. The van der Waals surface area contributed by atoms with Crippen LogP contribution in [0.5, 0.6) is 5.75 Å². The van der Waals surface area contributed by atoms with Gasteiger partial charge >= 0.3 is 0 Å². The zero-order valence-electron chi connectivity index (χ0n) is 11.6.